The second-order valence-electron chi connectivity index (χ2n) is 29.3. The van der Waals surface area contributed by atoms with E-state index in [9.17, 15) is 61.1 Å². The number of likely N-dealkylation sites (tertiary alicyclic amines) is 2. The van der Waals surface area contributed by atoms with E-state index in [1.807, 2.05) is 58.9 Å². The van der Waals surface area contributed by atoms with Crippen molar-refractivity contribution >= 4 is 71.3 Å². The molecule has 4 N–H and O–H groups in total. The van der Waals surface area contributed by atoms with Crippen molar-refractivity contribution in [2.24, 2.45) is 23.7 Å². The highest BCUT2D eigenvalue weighted by atomic mass is 19.4. The highest BCUT2D eigenvalue weighted by Gasteiger charge is 2.52. The fourth-order valence-electron chi connectivity index (χ4n) is 14.8. The molecule has 572 valence electrons. The number of aryl methyl sites for hydroxylation is 2. The van der Waals surface area contributed by atoms with Crippen LogP contribution in [-0.4, -0.2) is 246 Å². The third-order valence-electron chi connectivity index (χ3n) is 21.4. The molecule has 10 atom stereocenters. The van der Waals surface area contributed by atoms with Crippen LogP contribution in [0, 0.1) is 42.2 Å². The summed E-state index contributed by atoms with van der Waals surface area (Å²) < 4.78 is 71.4. The van der Waals surface area contributed by atoms with E-state index in [4.69, 9.17) is 0 Å². The Balaban J connectivity index is 1.23. The fraction of sp³-hybridized carbons (Fsp3) is 0.676. The lowest BCUT2D eigenvalue weighted by molar-refractivity contribution is -0.158. The van der Waals surface area contributed by atoms with Gasteiger partial charge in [0.25, 0.3) is 0 Å². The van der Waals surface area contributed by atoms with E-state index in [0.29, 0.717) is 62.5 Å². The van der Waals surface area contributed by atoms with Crippen molar-refractivity contribution in [3.8, 4) is 0 Å². The number of carbonyl (C=O) groups excluding carboxylic acids is 12. The molecule has 2 aromatic rings. The van der Waals surface area contributed by atoms with Crippen LogP contribution in [0.2, 0.25) is 0 Å². The Bertz CT molecular complexity index is 3340. The molecule has 2 aliphatic heterocycles. The second kappa shape index (κ2) is 37.0. The molecule has 24 nitrogen and oxygen atoms in total. The molecule has 2 saturated carbocycles. The predicted octanol–water partition coefficient (Wildman–Crippen LogP) is 5.43. The molecule has 2 saturated heterocycles. The van der Waals surface area contributed by atoms with Gasteiger partial charge in [-0.05, 0) is 139 Å². The molecule has 2 unspecified atom stereocenters. The van der Waals surface area contributed by atoms with Gasteiger partial charge in [-0.2, -0.15) is 13.2 Å². The van der Waals surface area contributed by atoms with Crippen molar-refractivity contribution in [1.29, 1.82) is 0 Å². The first-order chi connectivity index (χ1) is 48.5. The van der Waals surface area contributed by atoms with Crippen LogP contribution in [0.1, 0.15) is 160 Å². The number of alkyl halides is 3. The Kier molecular flexibility index (Phi) is 30.1. The monoisotopic (exact) mass is 1450 g/mol. The SMILES string of the molecule is CCC(C)C(NC(=O)[C@H](CC(C)C)NC)C(=O)N(C)[C@@H](C)C(=O)N1CC[C@H]1C(=O)N(CC)C[C@@H](Cc1ccc(C)cc1)C(=O)N(C)CC(=O)N[C@@H](CCc1cc(F)c(C(F)(F)F)c(F)c1)C(=O)N1CCC[C@H]1C(=O)NC1(C(=O)N(C)[C@H](C(=O)N(C)[C@@H](CC=O)C(=O)N(C)C)C2CCCC2)CCCC1. The zero-order valence-corrected chi connectivity index (χ0v) is 62.4. The van der Waals surface area contributed by atoms with Crippen molar-refractivity contribution in [3.05, 3.63) is 70.3 Å². The van der Waals surface area contributed by atoms with Gasteiger partial charge >= 0.3 is 6.18 Å². The van der Waals surface area contributed by atoms with Crippen LogP contribution in [0.5, 0.6) is 0 Å². The molecule has 0 radical (unpaired) electrons. The van der Waals surface area contributed by atoms with E-state index < -0.39 is 162 Å². The summed E-state index contributed by atoms with van der Waals surface area (Å²) in [5.41, 5.74) is -2.38. The Morgan fingerprint density at radius 1 is 0.699 bits per heavy atom. The van der Waals surface area contributed by atoms with E-state index in [2.05, 4.69) is 21.3 Å². The third-order valence-corrected chi connectivity index (χ3v) is 21.4. The van der Waals surface area contributed by atoms with E-state index in [0.717, 1.165) is 23.3 Å². The molecule has 6 rings (SSSR count). The topological polar surface area (TPSA) is 279 Å². The average molecular weight is 1450 g/mol. The number of nitrogens with one attached hydrogen (secondary N) is 4. The van der Waals surface area contributed by atoms with Gasteiger partial charge in [-0.25, -0.2) is 8.78 Å². The van der Waals surface area contributed by atoms with Gasteiger partial charge in [0.1, 0.15) is 71.3 Å². The lowest BCUT2D eigenvalue weighted by atomic mass is 9.90. The molecule has 103 heavy (non-hydrogen) atoms. The lowest BCUT2D eigenvalue weighted by Crippen LogP contribution is -2.65. The van der Waals surface area contributed by atoms with Gasteiger partial charge < -0.3 is 65.3 Å². The highest BCUT2D eigenvalue weighted by molar-refractivity contribution is 6.00. The Hall–Kier alpha value is -8.11. The minimum absolute atomic E-state index is 0.0591. The van der Waals surface area contributed by atoms with E-state index >= 15 is 18.4 Å². The summed E-state index contributed by atoms with van der Waals surface area (Å²) >= 11 is 0. The van der Waals surface area contributed by atoms with Crippen LogP contribution in [0.25, 0.3) is 0 Å². The van der Waals surface area contributed by atoms with Gasteiger partial charge in [-0.15, -0.1) is 0 Å². The maximum atomic E-state index is 15.2. The van der Waals surface area contributed by atoms with Crippen molar-refractivity contribution < 1.29 is 79.5 Å². The zero-order valence-electron chi connectivity index (χ0n) is 62.4. The smallest absolute Gasteiger partial charge is 0.347 e. The fourth-order valence-corrected chi connectivity index (χ4v) is 14.8. The van der Waals surface area contributed by atoms with Gasteiger partial charge in [0.05, 0.1) is 18.5 Å². The van der Waals surface area contributed by atoms with Crippen LogP contribution in [0.3, 0.4) is 0 Å². The molecular formula is C74H109F5N12O12. The summed E-state index contributed by atoms with van der Waals surface area (Å²) in [6, 6.07) is -0.407. The van der Waals surface area contributed by atoms with Gasteiger partial charge in [0.15, 0.2) is 0 Å². The molecule has 2 aliphatic carbocycles. The number of nitrogens with zero attached hydrogens (tertiary/aromatic N) is 8. The van der Waals surface area contributed by atoms with Gasteiger partial charge in [0.2, 0.25) is 65.0 Å². The number of benzene rings is 2. The summed E-state index contributed by atoms with van der Waals surface area (Å²) in [4.78, 5) is 181. The maximum absolute atomic E-state index is 15.2. The lowest BCUT2D eigenvalue weighted by Gasteiger charge is -2.44. The van der Waals surface area contributed by atoms with Crippen molar-refractivity contribution in [2.45, 2.75) is 218 Å². The minimum atomic E-state index is -5.39. The van der Waals surface area contributed by atoms with E-state index in [-0.39, 0.29) is 100 Å². The zero-order chi connectivity index (χ0) is 76.7. The Labute approximate surface area is 602 Å². The number of halogens is 5. The van der Waals surface area contributed by atoms with Crippen molar-refractivity contribution in [3.63, 3.8) is 0 Å². The summed E-state index contributed by atoms with van der Waals surface area (Å²) in [6.07, 6.45) is -0.352. The van der Waals surface area contributed by atoms with Crippen LogP contribution in [0.15, 0.2) is 36.4 Å². The summed E-state index contributed by atoms with van der Waals surface area (Å²) in [6.45, 7) is 12.1. The predicted molar refractivity (Wildman–Crippen MR) is 374 cm³/mol. The number of rotatable bonds is 34. The van der Waals surface area contributed by atoms with E-state index in [1.165, 1.54) is 76.6 Å². The molecule has 29 heteroatoms. The third kappa shape index (κ3) is 20.7. The van der Waals surface area contributed by atoms with Crippen molar-refractivity contribution in [2.75, 3.05) is 82.1 Å². The standard InChI is InChI=1S/C74H109F5N12O12/c1-15-46(6)61(82-63(94)55(80-8)38-44(3)4)70(101)86(12)47(7)65(96)91-36-31-58(91)69(100)89(16-2)42-51(39-48-27-25-45(5)26-28-48)66(97)85(11)43-59(93)81-54(30-29-49-40-52(75)60(53(76)41-49)74(77,78)79)67(98)90-35-21-24-56(90)64(95)83-73(33-19-20-34-73)72(103)88(14)62(50-22-17-18-23-50)71(102)87(13)57(32-37-92)68(99)84(9)10/h25-28,37,40-41,44,46-47,50-51,54-58,61-62,80H,15-24,29-36,38-39,42-43H2,1-14H3,(H,81,93)(H,82,94)(H,83,95)/t46?,47-,51+,54-,55-,56-,57-,58-,61?,62-/m0/s1. The summed E-state index contributed by atoms with van der Waals surface area (Å²) in [5, 5.41) is 11.5. The number of hydrogen-bond acceptors (Lipinski definition) is 13. The van der Waals surface area contributed by atoms with Gasteiger partial charge in [-0.1, -0.05) is 89.6 Å². The molecule has 0 bridgehead atoms. The molecule has 2 heterocycles. The number of likely N-dealkylation sites (N-methyl/N-ethyl adjacent to an activating group) is 7. The number of amides is 11. The largest absolute Gasteiger partial charge is 0.422 e. The summed E-state index contributed by atoms with van der Waals surface area (Å²) in [5.74, 6) is -11.9. The molecule has 11 amide bonds. The molecule has 0 aromatic heterocycles. The van der Waals surface area contributed by atoms with Crippen LogP contribution < -0.4 is 21.3 Å². The second-order valence-corrected chi connectivity index (χ2v) is 29.3. The number of hydrogen-bond donors (Lipinski definition) is 4. The van der Waals surface area contributed by atoms with Crippen molar-refractivity contribution in [1.82, 2.24) is 60.5 Å². The maximum Gasteiger partial charge on any atom is 0.422 e. The van der Waals surface area contributed by atoms with Gasteiger partial charge in [-0.3, -0.25) is 52.7 Å². The average Bonchev–Trinajstić information content (AvgIpc) is 1.77. The number of carbonyl (C=O) groups is 12. The van der Waals surface area contributed by atoms with E-state index in [1.54, 1.807) is 20.9 Å². The summed E-state index contributed by atoms with van der Waals surface area (Å²) in [7, 11) is 10.4. The molecule has 4 fully saturated rings. The molecule has 4 aliphatic rings. The van der Waals surface area contributed by atoms with Crippen LogP contribution >= 0.6 is 0 Å². The normalized spacial score (nSPS) is 19.0. The number of aldehydes is 1. The minimum Gasteiger partial charge on any atom is -0.347 e. The first kappa shape index (κ1) is 83.8. The Morgan fingerprint density at radius 2 is 1.31 bits per heavy atom. The quantitative estimate of drug-likeness (QED) is 0.0503. The van der Waals surface area contributed by atoms with Crippen LogP contribution in [0.4, 0.5) is 22.0 Å². The Morgan fingerprint density at radius 3 is 1.84 bits per heavy atom. The van der Waals surface area contributed by atoms with Crippen LogP contribution in [-0.2, 0) is 76.6 Å². The first-order valence-electron chi connectivity index (χ1n) is 36.3. The molecular weight excluding hydrogens is 1340 g/mol. The molecule has 2 aromatic carbocycles. The highest BCUT2D eigenvalue weighted by Crippen LogP contribution is 2.38. The molecule has 0 spiro atoms. The van der Waals surface area contributed by atoms with Gasteiger partial charge in [0, 0.05) is 74.9 Å². The first-order valence-corrected chi connectivity index (χ1v) is 36.3.